The molecule has 0 radical (unpaired) electrons. The van der Waals surface area contributed by atoms with Gasteiger partial charge >= 0.3 is 0 Å². The highest BCUT2D eigenvalue weighted by atomic mass is 16.5. The number of hydrogen-bond donors (Lipinski definition) is 0. The van der Waals surface area contributed by atoms with Crippen molar-refractivity contribution >= 4 is 5.71 Å². The third-order valence-electron chi connectivity index (χ3n) is 1.51. The standard InChI is InChI=1S/C8H15NO/c1-7(2)9-8-3-5-10-6-4-8/h7H,3-6H2,1-2H3. The zero-order chi connectivity index (χ0) is 7.40. The summed E-state index contributed by atoms with van der Waals surface area (Å²) in [6.07, 6.45) is 2.08. The quantitative estimate of drug-likeness (QED) is 0.544. The van der Waals surface area contributed by atoms with Gasteiger partial charge in [0.15, 0.2) is 0 Å². The van der Waals surface area contributed by atoms with Gasteiger partial charge in [0.2, 0.25) is 0 Å². The van der Waals surface area contributed by atoms with E-state index in [0.717, 1.165) is 26.1 Å². The van der Waals surface area contributed by atoms with Crippen LogP contribution in [0.5, 0.6) is 0 Å². The average Bonchev–Trinajstić information content (AvgIpc) is 1.88. The Balaban J connectivity index is 2.37. The van der Waals surface area contributed by atoms with E-state index in [1.165, 1.54) is 5.71 Å². The van der Waals surface area contributed by atoms with Gasteiger partial charge in [-0.2, -0.15) is 0 Å². The molecule has 1 fully saturated rings. The maximum Gasteiger partial charge on any atom is 0.0518 e. The summed E-state index contributed by atoms with van der Waals surface area (Å²) < 4.78 is 5.20. The fourth-order valence-corrected chi connectivity index (χ4v) is 1.10. The van der Waals surface area contributed by atoms with Gasteiger partial charge in [0, 0.05) is 24.6 Å². The van der Waals surface area contributed by atoms with Gasteiger partial charge in [0.25, 0.3) is 0 Å². The van der Waals surface area contributed by atoms with Gasteiger partial charge in [-0.15, -0.1) is 0 Å². The van der Waals surface area contributed by atoms with Gasteiger partial charge in [-0.3, -0.25) is 4.99 Å². The number of rotatable bonds is 1. The second kappa shape index (κ2) is 3.71. The molecule has 58 valence electrons. The first kappa shape index (κ1) is 7.73. The Morgan fingerprint density at radius 2 is 1.90 bits per heavy atom. The van der Waals surface area contributed by atoms with E-state index in [2.05, 4.69) is 18.8 Å². The zero-order valence-corrected chi connectivity index (χ0v) is 6.76. The molecule has 1 heterocycles. The van der Waals surface area contributed by atoms with E-state index in [9.17, 15) is 0 Å². The van der Waals surface area contributed by atoms with Crippen molar-refractivity contribution in [2.24, 2.45) is 4.99 Å². The molecular weight excluding hydrogens is 126 g/mol. The third kappa shape index (κ3) is 2.48. The SMILES string of the molecule is CC(C)N=C1CCOCC1. The molecular formula is C8H15NO. The van der Waals surface area contributed by atoms with Crippen LogP contribution < -0.4 is 0 Å². The van der Waals surface area contributed by atoms with E-state index in [1.54, 1.807) is 0 Å². The Hall–Kier alpha value is -0.370. The summed E-state index contributed by atoms with van der Waals surface area (Å²) in [5.41, 5.74) is 1.33. The molecule has 0 aromatic carbocycles. The summed E-state index contributed by atoms with van der Waals surface area (Å²) in [4.78, 5) is 4.47. The first-order chi connectivity index (χ1) is 4.79. The maximum atomic E-state index is 5.20. The summed E-state index contributed by atoms with van der Waals surface area (Å²) in [5.74, 6) is 0. The van der Waals surface area contributed by atoms with Crippen molar-refractivity contribution in [3.05, 3.63) is 0 Å². The van der Waals surface area contributed by atoms with Crippen LogP contribution in [-0.2, 0) is 4.74 Å². The van der Waals surface area contributed by atoms with Crippen LogP contribution in [-0.4, -0.2) is 25.0 Å². The summed E-state index contributed by atoms with van der Waals surface area (Å²) in [6, 6.07) is 0.452. The van der Waals surface area contributed by atoms with Crippen LogP contribution in [0, 0.1) is 0 Å². The average molecular weight is 141 g/mol. The Bertz CT molecular complexity index is 121. The minimum Gasteiger partial charge on any atom is -0.381 e. The Morgan fingerprint density at radius 1 is 1.30 bits per heavy atom. The first-order valence-corrected chi connectivity index (χ1v) is 3.92. The highest BCUT2D eigenvalue weighted by molar-refractivity contribution is 5.85. The second-order valence-corrected chi connectivity index (χ2v) is 2.90. The predicted molar refractivity (Wildman–Crippen MR) is 42.6 cm³/mol. The van der Waals surface area contributed by atoms with Crippen LogP contribution in [0.15, 0.2) is 4.99 Å². The van der Waals surface area contributed by atoms with Gasteiger partial charge in [0.05, 0.1) is 13.2 Å². The lowest BCUT2D eigenvalue weighted by Gasteiger charge is -2.14. The van der Waals surface area contributed by atoms with Gasteiger partial charge in [-0.05, 0) is 13.8 Å². The van der Waals surface area contributed by atoms with Crippen molar-refractivity contribution in [3.63, 3.8) is 0 Å². The largest absolute Gasteiger partial charge is 0.381 e. The van der Waals surface area contributed by atoms with E-state index < -0.39 is 0 Å². The Labute approximate surface area is 62.3 Å². The molecule has 0 N–H and O–H groups in total. The number of ether oxygens (including phenoxy) is 1. The van der Waals surface area contributed by atoms with E-state index in [-0.39, 0.29) is 0 Å². The monoisotopic (exact) mass is 141 g/mol. The van der Waals surface area contributed by atoms with Gasteiger partial charge in [-0.1, -0.05) is 0 Å². The van der Waals surface area contributed by atoms with E-state index in [0.29, 0.717) is 6.04 Å². The molecule has 1 aliphatic rings. The van der Waals surface area contributed by atoms with Crippen LogP contribution in [0.1, 0.15) is 26.7 Å². The molecule has 0 atom stereocenters. The maximum absolute atomic E-state index is 5.20. The van der Waals surface area contributed by atoms with Crippen molar-refractivity contribution in [3.8, 4) is 0 Å². The van der Waals surface area contributed by atoms with Crippen LogP contribution >= 0.6 is 0 Å². The number of nitrogens with zero attached hydrogens (tertiary/aromatic N) is 1. The van der Waals surface area contributed by atoms with Crippen molar-refractivity contribution < 1.29 is 4.74 Å². The topological polar surface area (TPSA) is 21.6 Å². The molecule has 1 saturated heterocycles. The molecule has 2 nitrogen and oxygen atoms in total. The van der Waals surface area contributed by atoms with Crippen LogP contribution in [0.4, 0.5) is 0 Å². The van der Waals surface area contributed by atoms with Crippen LogP contribution in [0.2, 0.25) is 0 Å². The summed E-state index contributed by atoms with van der Waals surface area (Å²) in [7, 11) is 0. The molecule has 2 heteroatoms. The normalized spacial score (nSPS) is 19.7. The number of hydrogen-bond acceptors (Lipinski definition) is 2. The lowest BCUT2D eigenvalue weighted by atomic mass is 10.2. The Kier molecular flexibility index (Phi) is 2.87. The highest BCUT2D eigenvalue weighted by Gasteiger charge is 2.06. The minimum atomic E-state index is 0.452. The summed E-state index contributed by atoms with van der Waals surface area (Å²) >= 11 is 0. The molecule has 0 spiro atoms. The molecule has 0 aliphatic carbocycles. The second-order valence-electron chi connectivity index (χ2n) is 2.90. The van der Waals surface area contributed by atoms with Crippen molar-refractivity contribution in [2.45, 2.75) is 32.7 Å². The van der Waals surface area contributed by atoms with Crippen LogP contribution in [0.3, 0.4) is 0 Å². The lowest BCUT2D eigenvalue weighted by molar-refractivity contribution is 0.134. The van der Waals surface area contributed by atoms with Crippen molar-refractivity contribution in [1.29, 1.82) is 0 Å². The summed E-state index contributed by atoms with van der Waals surface area (Å²) in [5, 5.41) is 0. The van der Waals surface area contributed by atoms with E-state index >= 15 is 0 Å². The molecule has 0 amide bonds. The van der Waals surface area contributed by atoms with Crippen molar-refractivity contribution in [1.82, 2.24) is 0 Å². The van der Waals surface area contributed by atoms with Gasteiger partial charge in [0.1, 0.15) is 0 Å². The fraction of sp³-hybridized carbons (Fsp3) is 0.875. The predicted octanol–water partition coefficient (Wildman–Crippen LogP) is 1.65. The van der Waals surface area contributed by atoms with Gasteiger partial charge < -0.3 is 4.74 Å². The smallest absolute Gasteiger partial charge is 0.0518 e. The highest BCUT2D eigenvalue weighted by Crippen LogP contribution is 2.04. The minimum absolute atomic E-state index is 0.452. The number of aliphatic imine (C=N–C) groups is 1. The summed E-state index contributed by atoms with van der Waals surface area (Å²) in [6.45, 7) is 5.96. The van der Waals surface area contributed by atoms with E-state index in [4.69, 9.17) is 4.74 Å². The molecule has 1 aliphatic heterocycles. The lowest BCUT2D eigenvalue weighted by Crippen LogP contribution is -2.16. The molecule has 0 unspecified atom stereocenters. The third-order valence-corrected chi connectivity index (χ3v) is 1.51. The molecule has 0 aromatic rings. The van der Waals surface area contributed by atoms with Gasteiger partial charge in [-0.25, -0.2) is 0 Å². The Morgan fingerprint density at radius 3 is 2.40 bits per heavy atom. The molecule has 10 heavy (non-hydrogen) atoms. The fourth-order valence-electron chi connectivity index (χ4n) is 1.10. The molecule has 1 rings (SSSR count). The zero-order valence-electron chi connectivity index (χ0n) is 6.76. The van der Waals surface area contributed by atoms with E-state index in [1.807, 2.05) is 0 Å². The molecule has 0 bridgehead atoms. The first-order valence-electron chi connectivity index (χ1n) is 3.92. The van der Waals surface area contributed by atoms with Crippen LogP contribution in [0.25, 0.3) is 0 Å². The van der Waals surface area contributed by atoms with Crippen molar-refractivity contribution in [2.75, 3.05) is 13.2 Å². The molecule has 0 saturated carbocycles. The molecule has 0 aromatic heterocycles.